The van der Waals surface area contributed by atoms with Crippen LogP contribution in [0.4, 0.5) is 5.69 Å². The number of anilines is 1. The third kappa shape index (κ3) is 3.16. The van der Waals surface area contributed by atoms with Crippen molar-refractivity contribution in [2.75, 3.05) is 25.1 Å². The Morgan fingerprint density at radius 2 is 2.00 bits per heavy atom. The third-order valence-corrected chi connectivity index (χ3v) is 5.71. The Bertz CT molecular complexity index is 927. The SMILES string of the molecule is CNC(=O)CCC(C=O)N1C(=O)c2cc3c(cc2C1=O)N1CCC(=O)CC1CO3. The molecule has 1 fully saturated rings. The summed E-state index contributed by atoms with van der Waals surface area (Å²) >= 11 is 0. The van der Waals surface area contributed by atoms with Gasteiger partial charge in [-0.3, -0.25) is 24.1 Å². The highest BCUT2D eigenvalue weighted by molar-refractivity contribution is 6.23. The van der Waals surface area contributed by atoms with E-state index in [1.54, 1.807) is 6.07 Å². The summed E-state index contributed by atoms with van der Waals surface area (Å²) < 4.78 is 5.77. The number of benzene rings is 1. The smallest absolute Gasteiger partial charge is 0.262 e. The van der Waals surface area contributed by atoms with Gasteiger partial charge in [0.1, 0.15) is 24.4 Å². The van der Waals surface area contributed by atoms with Crippen molar-refractivity contribution in [1.82, 2.24) is 10.2 Å². The minimum absolute atomic E-state index is 0.0242. The zero-order valence-electron chi connectivity index (χ0n) is 16.0. The molecular formula is C20H21N3O6. The van der Waals surface area contributed by atoms with Crippen molar-refractivity contribution in [2.45, 2.75) is 37.8 Å². The maximum absolute atomic E-state index is 13.0. The number of hydrogen-bond acceptors (Lipinski definition) is 7. The van der Waals surface area contributed by atoms with Crippen molar-refractivity contribution >= 4 is 35.5 Å². The first-order valence-electron chi connectivity index (χ1n) is 9.57. The van der Waals surface area contributed by atoms with E-state index >= 15 is 0 Å². The summed E-state index contributed by atoms with van der Waals surface area (Å²) in [7, 11) is 1.48. The van der Waals surface area contributed by atoms with Gasteiger partial charge in [-0.05, 0) is 18.6 Å². The normalized spacial score (nSPS) is 21.1. The number of carbonyl (C=O) groups is 5. The molecule has 9 nitrogen and oxygen atoms in total. The van der Waals surface area contributed by atoms with Gasteiger partial charge in [0.15, 0.2) is 0 Å². The van der Waals surface area contributed by atoms with E-state index in [0.717, 1.165) is 4.90 Å². The first kappa shape index (κ1) is 19.1. The van der Waals surface area contributed by atoms with Crippen LogP contribution in [-0.4, -0.2) is 67.0 Å². The average Bonchev–Trinajstić information content (AvgIpc) is 2.96. The molecule has 0 radical (unpaired) electrons. The molecule has 0 bridgehead atoms. The molecule has 9 heteroatoms. The molecular weight excluding hydrogens is 378 g/mol. The monoisotopic (exact) mass is 399 g/mol. The summed E-state index contributed by atoms with van der Waals surface area (Å²) in [6.45, 7) is 0.875. The fourth-order valence-corrected chi connectivity index (χ4v) is 4.13. The summed E-state index contributed by atoms with van der Waals surface area (Å²) in [6, 6.07) is 2.06. The minimum atomic E-state index is -1.02. The number of fused-ring (bicyclic) bond motifs is 4. The largest absolute Gasteiger partial charge is 0.489 e. The lowest BCUT2D eigenvalue weighted by atomic mass is 9.97. The van der Waals surface area contributed by atoms with E-state index in [1.807, 2.05) is 4.90 Å². The van der Waals surface area contributed by atoms with Gasteiger partial charge in [-0.1, -0.05) is 0 Å². The molecule has 3 aliphatic rings. The van der Waals surface area contributed by atoms with Gasteiger partial charge in [-0.25, -0.2) is 0 Å². The Hall–Kier alpha value is -3.23. The lowest BCUT2D eigenvalue weighted by Crippen LogP contribution is -2.48. The average molecular weight is 399 g/mol. The van der Waals surface area contributed by atoms with E-state index in [4.69, 9.17) is 4.74 Å². The molecule has 0 saturated carbocycles. The zero-order valence-corrected chi connectivity index (χ0v) is 16.0. The molecule has 29 heavy (non-hydrogen) atoms. The Morgan fingerprint density at radius 1 is 1.28 bits per heavy atom. The van der Waals surface area contributed by atoms with Gasteiger partial charge >= 0.3 is 0 Å². The van der Waals surface area contributed by atoms with Crippen LogP contribution >= 0.6 is 0 Å². The van der Waals surface area contributed by atoms with Gasteiger partial charge in [0, 0.05) is 32.9 Å². The lowest BCUT2D eigenvalue weighted by molar-refractivity contribution is -0.121. The second-order valence-electron chi connectivity index (χ2n) is 7.41. The Balaban J connectivity index is 1.64. The summed E-state index contributed by atoms with van der Waals surface area (Å²) in [5.41, 5.74) is 1.08. The van der Waals surface area contributed by atoms with Crippen LogP contribution in [0.15, 0.2) is 12.1 Å². The van der Waals surface area contributed by atoms with Gasteiger partial charge in [-0.2, -0.15) is 0 Å². The van der Waals surface area contributed by atoms with E-state index in [9.17, 15) is 24.0 Å². The second kappa shape index (κ2) is 7.31. The summed E-state index contributed by atoms with van der Waals surface area (Å²) in [6.07, 6.45) is 1.42. The molecule has 3 aliphatic heterocycles. The van der Waals surface area contributed by atoms with E-state index in [1.165, 1.54) is 13.1 Å². The van der Waals surface area contributed by atoms with E-state index < -0.39 is 17.9 Å². The van der Waals surface area contributed by atoms with Crippen LogP contribution in [0.25, 0.3) is 0 Å². The number of nitrogens with zero attached hydrogens (tertiary/aromatic N) is 2. The Labute approximate surface area is 167 Å². The zero-order chi connectivity index (χ0) is 20.7. The van der Waals surface area contributed by atoms with Crippen LogP contribution < -0.4 is 15.0 Å². The van der Waals surface area contributed by atoms with Crippen LogP contribution in [0.1, 0.15) is 46.4 Å². The number of ketones is 1. The third-order valence-electron chi connectivity index (χ3n) is 5.71. The fraction of sp³-hybridized carbons (Fsp3) is 0.450. The maximum atomic E-state index is 13.0. The summed E-state index contributed by atoms with van der Waals surface area (Å²) in [4.78, 5) is 63.6. The first-order valence-corrected chi connectivity index (χ1v) is 9.57. The molecule has 0 spiro atoms. The van der Waals surface area contributed by atoms with Crippen molar-refractivity contribution in [3.8, 4) is 5.75 Å². The number of nitrogens with one attached hydrogen (secondary N) is 1. The molecule has 152 valence electrons. The fourth-order valence-electron chi connectivity index (χ4n) is 4.13. The number of carbonyl (C=O) groups excluding carboxylic acids is 5. The number of rotatable bonds is 5. The van der Waals surface area contributed by atoms with E-state index in [2.05, 4.69) is 5.32 Å². The van der Waals surface area contributed by atoms with Gasteiger partial charge in [0.2, 0.25) is 5.91 Å². The number of Topliss-reactive ketones (excluding diaryl/α,β-unsaturated/α-hetero) is 1. The number of amides is 3. The molecule has 1 aromatic rings. The van der Waals surface area contributed by atoms with Gasteiger partial charge in [-0.15, -0.1) is 0 Å². The molecule has 1 saturated heterocycles. The van der Waals surface area contributed by atoms with Crippen LogP contribution in [0.2, 0.25) is 0 Å². The number of ether oxygens (including phenoxy) is 1. The number of hydrogen-bond donors (Lipinski definition) is 1. The van der Waals surface area contributed by atoms with Gasteiger partial charge in [0.05, 0.1) is 28.9 Å². The molecule has 3 amide bonds. The quantitative estimate of drug-likeness (QED) is 0.560. The number of aldehydes is 1. The predicted molar refractivity (Wildman–Crippen MR) is 101 cm³/mol. The number of imide groups is 1. The standard InChI is InChI=1S/C20H21N3O6/c1-21-18(26)3-2-11(9-24)23-19(27)14-7-16-17(8-15(14)20(23)28)29-10-12-6-13(25)4-5-22(12)16/h7-9,11-12H,2-6,10H2,1H3,(H,21,26). The van der Waals surface area contributed by atoms with E-state index in [-0.39, 0.29) is 41.7 Å². The maximum Gasteiger partial charge on any atom is 0.262 e. The van der Waals surface area contributed by atoms with Gasteiger partial charge < -0.3 is 19.7 Å². The molecule has 1 N–H and O–H groups in total. The topological polar surface area (TPSA) is 113 Å². The number of piperidine rings is 1. The minimum Gasteiger partial charge on any atom is -0.489 e. The van der Waals surface area contributed by atoms with Crippen molar-refractivity contribution in [3.05, 3.63) is 23.3 Å². The van der Waals surface area contributed by atoms with Crippen molar-refractivity contribution in [3.63, 3.8) is 0 Å². The highest BCUT2D eigenvalue weighted by atomic mass is 16.5. The van der Waals surface area contributed by atoms with E-state index in [0.29, 0.717) is 43.7 Å². The first-order chi connectivity index (χ1) is 13.9. The lowest BCUT2D eigenvalue weighted by Gasteiger charge is -2.41. The van der Waals surface area contributed by atoms with Crippen molar-refractivity contribution in [2.24, 2.45) is 0 Å². The predicted octanol–water partition coefficient (Wildman–Crippen LogP) is 0.307. The molecule has 0 aliphatic carbocycles. The van der Waals surface area contributed by atoms with Crippen LogP contribution in [0.3, 0.4) is 0 Å². The molecule has 4 rings (SSSR count). The molecule has 1 aromatic carbocycles. The highest BCUT2D eigenvalue weighted by Crippen LogP contribution is 2.41. The second-order valence-corrected chi connectivity index (χ2v) is 7.41. The van der Waals surface area contributed by atoms with Gasteiger partial charge in [0.25, 0.3) is 11.8 Å². The Kier molecular flexibility index (Phi) is 4.81. The van der Waals surface area contributed by atoms with Crippen molar-refractivity contribution < 1.29 is 28.7 Å². The highest BCUT2D eigenvalue weighted by Gasteiger charge is 2.43. The summed E-state index contributed by atoms with van der Waals surface area (Å²) in [5, 5.41) is 2.45. The molecule has 3 heterocycles. The summed E-state index contributed by atoms with van der Waals surface area (Å²) in [5.74, 6) is -0.728. The van der Waals surface area contributed by atoms with Crippen LogP contribution in [0, 0.1) is 0 Å². The Morgan fingerprint density at radius 3 is 2.69 bits per heavy atom. The molecule has 0 aromatic heterocycles. The molecule has 2 unspecified atom stereocenters. The van der Waals surface area contributed by atoms with Crippen molar-refractivity contribution in [1.29, 1.82) is 0 Å². The van der Waals surface area contributed by atoms with Crippen LogP contribution in [0.5, 0.6) is 5.75 Å². The molecule has 2 atom stereocenters. The van der Waals surface area contributed by atoms with Crippen LogP contribution in [-0.2, 0) is 14.4 Å².